The van der Waals surface area contributed by atoms with Crippen LogP contribution < -0.4 is 10.6 Å². The van der Waals surface area contributed by atoms with Crippen LogP contribution in [0, 0.1) is 0 Å². The van der Waals surface area contributed by atoms with Crippen molar-refractivity contribution in [2.45, 2.75) is 44.6 Å². The van der Waals surface area contributed by atoms with Crippen LogP contribution in [0.25, 0.3) is 0 Å². The van der Waals surface area contributed by atoms with Crippen molar-refractivity contribution in [2.75, 3.05) is 13.1 Å². The fourth-order valence-electron chi connectivity index (χ4n) is 2.00. The van der Waals surface area contributed by atoms with Crippen LogP contribution in [0.2, 0.25) is 0 Å². The van der Waals surface area contributed by atoms with Crippen LogP contribution in [0.3, 0.4) is 0 Å². The zero-order valence-electron chi connectivity index (χ0n) is 7.68. The minimum atomic E-state index is 0.264. The zero-order chi connectivity index (χ0) is 8.39. The lowest BCUT2D eigenvalue weighted by molar-refractivity contribution is 0.0200. The Bertz CT molecular complexity index is 143. The number of nitrogens with one attached hydrogen (secondary N) is 2. The van der Waals surface area contributed by atoms with Gasteiger partial charge in [0.25, 0.3) is 0 Å². The second-order valence-corrected chi connectivity index (χ2v) is 3.83. The van der Waals surface area contributed by atoms with Gasteiger partial charge in [0.15, 0.2) is 0 Å². The van der Waals surface area contributed by atoms with Gasteiger partial charge in [0.05, 0.1) is 6.10 Å². The molecular formula is C9H18N2O. The Labute approximate surface area is 73.9 Å². The van der Waals surface area contributed by atoms with Crippen LogP contribution in [0.4, 0.5) is 0 Å². The molecule has 2 heterocycles. The maximum Gasteiger partial charge on any atom is 0.124 e. The summed E-state index contributed by atoms with van der Waals surface area (Å²) in [6, 6.07) is 0.545. The number of hydrogen-bond acceptors (Lipinski definition) is 3. The minimum Gasteiger partial charge on any atom is -0.357 e. The van der Waals surface area contributed by atoms with E-state index in [0.717, 1.165) is 13.1 Å². The first-order valence-electron chi connectivity index (χ1n) is 4.98. The molecule has 0 aromatic carbocycles. The number of ether oxygens (including phenoxy) is 1. The van der Waals surface area contributed by atoms with E-state index in [1.807, 2.05) is 0 Å². The van der Waals surface area contributed by atoms with Crippen molar-refractivity contribution in [3.8, 4) is 0 Å². The molecule has 0 radical (unpaired) electrons. The van der Waals surface area contributed by atoms with E-state index in [1.54, 1.807) is 0 Å². The summed E-state index contributed by atoms with van der Waals surface area (Å²) in [5, 5.41) is 6.89. The first-order chi connectivity index (χ1) is 5.86. The third-order valence-corrected chi connectivity index (χ3v) is 2.70. The second kappa shape index (κ2) is 3.73. The summed E-state index contributed by atoms with van der Waals surface area (Å²) in [6.07, 6.45) is 4.57. The summed E-state index contributed by atoms with van der Waals surface area (Å²) in [5.41, 5.74) is 0. The van der Waals surface area contributed by atoms with Gasteiger partial charge in [-0.25, -0.2) is 0 Å². The summed E-state index contributed by atoms with van der Waals surface area (Å²) >= 11 is 0. The molecule has 0 amide bonds. The molecule has 0 aromatic heterocycles. The molecule has 0 spiro atoms. The predicted octanol–water partition coefficient (Wildman–Crippen LogP) is 0.463. The second-order valence-electron chi connectivity index (χ2n) is 3.83. The molecule has 0 saturated carbocycles. The number of rotatable bonds is 1. The van der Waals surface area contributed by atoms with Gasteiger partial charge in [-0.05, 0) is 26.3 Å². The third-order valence-electron chi connectivity index (χ3n) is 2.70. The van der Waals surface area contributed by atoms with Crippen molar-refractivity contribution in [1.82, 2.24) is 10.6 Å². The van der Waals surface area contributed by atoms with Crippen LogP contribution >= 0.6 is 0 Å². The van der Waals surface area contributed by atoms with Crippen molar-refractivity contribution in [1.29, 1.82) is 0 Å². The highest BCUT2D eigenvalue weighted by molar-refractivity contribution is 4.83. The fraction of sp³-hybridized carbons (Fsp3) is 1.00. The Morgan fingerprint density at radius 2 is 2.17 bits per heavy atom. The minimum absolute atomic E-state index is 0.264. The zero-order valence-corrected chi connectivity index (χ0v) is 7.68. The summed E-state index contributed by atoms with van der Waals surface area (Å²) < 4.78 is 5.73. The van der Waals surface area contributed by atoms with Gasteiger partial charge in [-0.3, -0.25) is 5.32 Å². The van der Waals surface area contributed by atoms with Crippen molar-refractivity contribution in [2.24, 2.45) is 0 Å². The van der Waals surface area contributed by atoms with E-state index in [-0.39, 0.29) is 6.23 Å². The monoisotopic (exact) mass is 170 g/mol. The average Bonchev–Trinajstić information content (AvgIpc) is 2.54. The standard InChI is InChI=1S/C9H18N2O/c1-7-6-11-9(12-7)8-4-2-3-5-10-8/h7-11H,2-6H2,1H3. The Kier molecular flexibility index (Phi) is 2.63. The maximum atomic E-state index is 5.73. The van der Waals surface area contributed by atoms with Gasteiger partial charge in [-0.15, -0.1) is 0 Å². The molecule has 2 aliphatic heterocycles. The molecule has 0 aromatic rings. The predicted molar refractivity (Wildman–Crippen MR) is 48.0 cm³/mol. The van der Waals surface area contributed by atoms with Crippen molar-refractivity contribution >= 4 is 0 Å². The van der Waals surface area contributed by atoms with E-state index in [2.05, 4.69) is 17.6 Å². The summed E-state index contributed by atoms with van der Waals surface area (Å²) in [4.78, 5) is 0. The van der Waals surface area contributed by atoms with Gasteiger partial charge < -0.3 is 10.1 Å². The van der Waals surface area contributed by atoms with Crippen LogP contribution in [0.1, 0.15) is 26.2 Å². The highest BCUT2D eigenvalue weighted by Crippen LogP contribution is 2.15. The van der Waals surface area contributed by atoms with Crippen molar-refractivity contribution in [3.05, 3.63) is 0 Å². The molecule has 12 heavy (non-hydrogen) atoms. The normalized spacial score (nSPS) is 43.2. The fourth-order valence-corrected chi connectivity index (χ4v) is 2.00. The summed E-state index contributed by atoms with van der Waals surface area (Å²) in [6.45, 7) is 4.28. The molecule has 2 N–H and O–H groups in total. The summed E-state index contributed by atoms with van der Waals surface area (Å²) in [5.74, 6) is 0. The Balaban J connectivity index is 1.83. The van der Waals surface area contributed by atoms with Crippen LogP contribution in [0.15, 0.2) is 0 Å². The highest BCUT2D eigenvalue weighted by Gasteiger charge is 2.29. The smallest absolute Gasteiger partial charge is 0.124 e. The molecule has 3 heteroatoms. The molecule has 3 nitrogen and oxygen atoms in total. The average molecular weight is 170 g/mol. The topological polar surface area (TPSA) is 33.3 Å². The molecule has 70 valence electrons. The molecular weight excluding hydrogens is 152 g/mol. The highest BCUT2D eigenvalue weighted by atomic mass is 16.5. The first-order valence-corrected chi connectivity index (χ1v) is 4.98. The maximum absolute atomic E-state index is 5.73. The lowest BCUT2D eigenvalue weighted by atomic mass is 10.0. The van der Waals surface area contributed by atoms with Gasteiger partial charge in [0.2, 0.25) is 0 Å². The van der Waals surface area contributed by atoms with Gasteiger partial charge in [0.1, 0.15) is 6.23 Å². The number of hydrogen-bond donors (Lipinski definition) is 2. The Morgan fingerprint density at radius 1 is 1.25 bits per heavy atom. The Morgan fingerprint density at radius 3 is 2.75 bits per heavy atom. The van der Waals surface area contributed by atoms with E-state index in [1.165, 1.54) is 19.3 Å². The van der Waals surface area contributed by atoms with Crippen molar-refractivity contribution in [3.63, 3.8) is 0 Å². The largest absolute Gasteiger partial charge is 0.357 e. The first kappa shape index (κ1) is 8.48. The lowest BCUT2D eigenvalue weighted by Crippen LogP contribution is -2.48. The summed E-state index contributed by atoms with van der Waals surface area (Å²) in [7, 11) is 0. The molecule has 2 fully saturated rings. The molecule has 3 unspecified atom stereocenters. The quantitative estimate of drug-likeness (QED) is 0.600. The molecule has 2 rings (SSSR count). The Hall–Kier alpha value is -0.120. The SMILES string of the molecule is CC1CNC(C2CCCCN2)O1. The lowest BCUT2D eigenvalue weighted by Gasteiger charge is -2.28. The van der Waals surface area contributed by atoms with Gasteiger partial charge in [-0.1, -0.05) is 6.42 Å². The molecule has 0 bridgehead atoms. The van der Waals surface area contributed by atoms with E-state index >= 15 is 0 Å². The third kappa shape index (κ3) is 1.79. The molecule has 3 atom stereocenters. The van der Waals surface area contributed by atoms with Gasteiger partial charge >= 0.3 is 0 Å². The van der Waals surface area contributed by atoms with E-state index in [0.29, 0.717) is 12.1 Å². The van der Waals surface area contributed by atoms with E-state index in [9.17, 15) is 0 Å². The van der Waals surface area contributed by atoms with Crippen LogP contribution in [-0.2, 0) is 4.74 Å². The number of piperidine rings is 1. The molecule has 2 saturated heterocycles. The molecule has 0 aliphatic carbocycles. The van der Waals surface area contributed by atoms with Gasteiger partial charge in [0, 0.05) is 12.6 Å². The van der Waals surface area contributed by atoms with Crippen LogP contribution in [-0.4, -0.2) is 31.5 Å². The van der Waals surface area contributed by atoms with E-state index in [4.69, 9.17) is 4.74 Å². The molecule has 2 aliphatic rings. The van der Waals surface area contributed by atoms with Gasteiger partial charge in [-0.2, -0.15) is 0 Å². The van der Waals surface area contributed by atoms with E-state index < -0.39 is 0 Å². The van der Waals surface area contributed by atoms with Crippen molar-refractivity contribution < 1.29 is 4.74 Å². The van der Waals surface area contributed by atoms with Crippen LogP contribution in [0.5, 0.6) is 0 Å².